The molecule has 0 amide bonds. The highest BCUT2D eigenvalue weighted by atomic mass is 28.4. The molecule has 0 rings (SSSR count). The Balaban J connectivity index is 3.99. The third-order valence-electron chi connectivity index (χ3n) is 3.48. The molecule has 3 nitrogen and oxygen atoms in total. The van der Waals surface area contributed by atoms with Crippen LogP contribution < -0.4 is 0 Å². The van der Waals surface area contributed by atoms with Crippen LogP contribution in [0.4, 0.5) is 0 Å². The summed E-state index contributed by atoms with van der Waals surface area (Å²) in [5.41, 5.74) is 0. The number of esters is 1. The largest absolute Gasteiger partial charge is 0.458 e. The van der Waals surface area contributed by atoms with E-state index in [2.05, 4.69) is 40.4 Å². The highest BCUT2D eigenvalue weighted by Crippen LogP contribution is 2.36. The molecule has 18 heavy (non-hydrogen) atoms. The second-order valence-corrected chi connectivity index (χ2v) is 10.9. The quantitative estimate of drug-likeness (QED) is 0.305. The van der Waals surface area contributed by atoms with Gasteiger partial charge in [0, 0.05) is 13.5 Å². The van der Waals surface area contributed by atoms with Gasteiger partial charge in [-0.15, -0.1) is 0 Å². The van der Waals surface area contributed by atoms with E-state index in [9.17, 15) is 4.79 Å². The van der Waals surface area contributed by atoms with Crippen molar-refractivity contribution in [2.45, 2.75) is 64.8 Å². The second kappa shape index (κ2) is 7.09. The predicted molar refractivity (Wildman–Crippen MR) is 78.1 cm³/mol. The normalized spacial score (nSPS) is 14.1. The van der Waals surface area contributed by atoms with Gasteiger partial charge < -0.3 is 9.16 Å². The van der Waals surface area contributed by atoms with Gasteiger partial charge in [-0.05, 0) is 31.0 Å². The Hall–Kier alpha value is -0.613. The highest BCUT2D eigenvalue weighted by Gasteiger charge is 2.36. The van der Waals surface area contributed by atoms with E-state index in [-0.39, 0.29) is 17.1 Å². The molecule has 0 saturated carbocycles. The van der Waals surface area contributed by atoms with Crippen LogP contribution in [0.25, 0.3) is 0 Å². The molecule has 0 aliphatic rings. The summed E-state index contributed by atoms with van der Waals surface area (Å²) >= 11 is 0. The average molecular weight is 272 g/mol. The van der Waals surface area contributed by atoms with Crippen molar-refractivity contribution in [2.75, 3.05) is 6.61 Å². The Morgan fingerprint density at radius 2 is 1.94 bits per heavy atom. The minimum atomic E-state index is -1.65. The van der Waals surface area contributed by atoms with Gasteiger partial charge in [-0.3, -0.25) is 4.79 Å². The zero-order valence-corrected chi connectivity index (χ0v) is 13.7. The van der Waals surface area contributed by atoms with E-state index >= 15 is 0 Å². The van der Waals surface area contributed by atoms with Crippen molar-refractivity contribution < 1.29 is 14.0 Å². The van der Waals surface area contributed by atoms with E-state index in [0.717, 1.165) is 19.4 Å². The predicted octanol–water partition coefficient (Wildman–Crippen LogP) is 3.91. The number of carbonyl (C=O) groups excluding carboxylic acids is 1. The molecule has 4 heteroatoms. The Kier molecular flexibility index (Phi) is 6.85. The molecule has 0 aliphatic heterocycles. The van der Waals surface area contributed by atoms with Crippen LogP contribution in [0.1, 0.15) is 40.5 Å². The smallest absolute Gasteiger partial charge is 0.303 e. The SMILES string of the molecule is C=C[C@@H](CCCO[Si](C)(C)C(C)(C)C)OC(C)=O. The van der Waals surface area contributed by atoms with Crippen molar-refractivity contribution in [1.29, 1.82) is 0 Å². The molecule has 0 N–H and O–H groups in total. The summed E-state index contributed by atoms with van der Waals surface area (Å²) in [6, 6.07) is 0. The van der Waals surface area contributed by atoms with Gasteiger partial charge >= 0.3 is 5.97 Å². The van der Waals surface area contributed by atoms with Crippen LogP contribution in [0.3, 0.4) is 0 Å². The fourth-order valence-corrected chi connectivity index (χ4v) is 2.35. The maximum Gasteiger partial charge on any atom is 0.303 e. The third kappa shape index (κ3) is 6.35. The highest BCUT2D eigenvalue weighted by molar-refractivity contribution is 6.74. The third-order valence-corrected chi connectivity index (χ3v) is 8.02. The molecule has 0 unspecified atom stereocenters. The van der Waals surface area contributed by atoms with E-state index in [0.29, 0.717) is 0 Å². The van der Waals surface area contributed by atoms with Crippen molar-refractivity contribution in [3.05, 3.63) is 12.7 Å². The maximum absolute atomic E-state index is 10.8. The maximum atomic E-state index is 10.8. The number of hydrogen-bond acceptors (Lipinski definition) is 3. The van der Waals surface area contributed by atoms with E-state index in [1.165, 1.54) is 6.92 Å². The van der Waals surface area contributed by atoms with E-state index in [1.54, 1.807) is 6.08 Å². The first-order valence-electron chi connectivity index (χ1n) is 6.54. The lowest BCUT2D eigenvalue weighted by Crippen LogP contribution is -2.41. The topological polar surface area (TPSA) is 35.5 Å². The van der Waals surface area contributed by atoms with Crippen LogP contribution in [-0.4, -0.2) is 27.0 Å². The van der Waals surface area contributed by atoms with Crippen LogP contribution >= 0.6 is 0 Å². The number of rotatable bonds is 7. The molecule has 0 saturated heterocycles. The molecule has 0 spiro atoms. The molecule has 1 atom stereocenters. The summed E-state index contributed by atoms with van der Waals surface area (Å²) < 4.78 is 11.2. The van der Waals surface area contributed by atoms with Gasteiger partial charge in [0.2, 0.25) is 0 Å². The van der Waals surface area contributed by atoms with Crippen LogP contribution in [0, 0.1) is 0 Å². The Labute approximate surface area is 113 Å². The fraction of sp³-hybridized carbons (Fsp3) is 0.786. The van der Waals surface area contributed by atoms with Crippen molar-refractivity contribution in [1.82, 2.24) is 0 Å². The van der Waals surface area contributed by atoms with Gasteiger partial charge in [-0.2, -0.15) is 0 Å². The van der Waals surface area contributed by atoms with Crippen molar-refractivity contribution in [2.24, 2.45) is 0 Å². The molecule has 0 fully saturated rings. The number of ether oxygens (including phenoxy) is 1. The Bertz CT molecular complexity index is 279. The molecule has 0 bridgehead atoms. The summed E-state index contributed by atoms with van der Waals surface area (Å²) in [5, 5.41) is 0.237. The summed E-state index contributed by atoms with van der Waals surface area (Å²) in [6.07, 6.45) is 3.15. The molecule has 0 heterocycles. The van der Waals surface area contributed by atoms with E-state index in [1.807, 2.05) is 0 Å². The zero-order chi connectivity index (χ0) is 14.4. The first-order chi connectivity index (χ1) is 8.10. The van der Waals surface area contributed by atoms with Gasteiger partial charge in [0.1, 0.15) is 6.10 Å². The van der Waals surface area contributed by atoms with Crippen LogP contribution in [0.5, 0.6) is 0 Å². The number of hydrogen-bond donors (Lipinski definition) is 0. The molecular formula is C14H28O3Si. The van der Waals surface area contributed by atoms with Gasteiger partial charge in [0.05, 0.1) is 0 Å². The lowest BCUT2D eigenvalue weighted by Gasteiger charge is -2.36. The second-order valence-electron chi connectivity index (χ2n) is 6.13. The minimum absolute atomic E-state index is 0.189. The summed E-state index contributed by atoms with van der Waals surface area (Å²) in [7, 11) is -1.65. The first-order valence-corrected chi connectivity index (χ1v) is 9.44. The van der Waals surface area contributed by atoms with Crippen molar-refractivity contribution >= 4 is 14.3 Å². The summed E-state index contributed by atoms with van der Waals surface area (Å²) in [4.78, 5) is 10.8. The molecule has 106 valence electrons. The van der Waals surface area contributed by atoms with Gasteiger partial charge in [-0.25, -0.2) is 0 Å². The van der Waals surface area contributed by atoms with E-state index < -0.39 is 8.32 Å². The molecule has 0 aromatic heterocycles. The monoisotopic (exact) mass is 272 g/mol. The lowest BCUT2D eigenvalue weighted by atomic mass is 10.2. The van der Waals surface area contributed by atoms with Crippen LogP contribution in [-0.2, 0) is 14.0 Å². The molecular weight excluding hydrogens is 244 g/mol. The summed E-state index contributed by atoms with van der Waals surface area (Å²) in [6.45, 7) is 17.0. The summed E-state index contributed by atoms with van der Waals surface area (Å²) in [5.74, 6) is -0.259. The first kappa shape index (κ1) is 17.4. The molecule has 0 aromatic carbocycles. The van der Waals surface area contributed by atoms with Gasteiger partial charge in [0.25, 0.3) is 0 Å². The van der Waals surface area contributed by atoms with E-state index in [4.69, 9.17) is 9.16 Å². The van der Waals surface area contributed by atoms with Crippen molar-refractivity contribution in [3.63, 3.8) is 0 Å². The minimum Gasteiger partial charge on any atom is -0.458 e. The molecule has 0 aliphatic carbocycles. The molecule has 0 aromatic rings. The Morgan fingerprint density at radius 1 is 1.39 bits per heavy atom. The molecule has 0 radical (unpaired) electrons. The average Bonchev–Trinajstić information content (AvgIpc) is 2.20. The van der Waals surface area contributed by atoms with Gasteiger partial charge in [-0.1, -0.05) is 33.4 Å². The Morgan fingerprint density at radius 3 is 2.33 bits per heavy atom. The zero-order valence-electron chi connectivity index (χ0n) is 12.7. The van der Waals surface area contributed by atoms with Gasteiger partial charge in [0.15, 0.2) is 8.32 Å². The standard InChI is InChI=1S/C14H28O3Si/c1-8-13(17-12(2)15)10-9-11-16-18(6,7)14(3,4)5/h8,13H,1,9-11H2,2-7H3/t13-/m0/s1. The fourth-order valence-electron chi connectivity index (χ4n) is 1.27. The van der Waals surface area contributed by atoms with Crippen molar-refractivity contribution in [3.8, 4) is 0 Å². The number of carbonyl (C=O) groups is 1. The lowest BCUT2D eigenvalue weighted by molar-refractivity contribution is -0.144. The van der Waals surface area contributed by atoms with Crippen LogP contribution in [0.2, 0.25) is 18.1 Å². The van der Waals surface area contributed by atoms with Crippen LogP contribution in [0.15, 0.2) is 12.7 Å².